The van der Waals surface area contributed by atoms with Crippen molar-refractivity contribution in [1.29, 1.82) is 0 Å². The van der Waals surface area contributed by atoms with Gasteiger partial charge in [0.25, 0.3) is 0 Å². The van der Waals surface area contributed by atoms with E-state index in [0.29, 0.717) is 13.2 Å². The number of hydrogen-bond acceptors (Lipinski definition) is 7. The molecule has 206 valence electrons. The van der Waals surface area contributed by atoms with E-state index in [1.165, 1.54) is 11.1 Å². The summed E-state index contributed by atoms with van der Waals surface area (Å²) in [6.07, 6.45) is 1.87. The number of fused-ring (bicyclic) bond motifs is 2. The number of nitrogens with one attached hydrogen (secondary N) is 2. The summed E-state index contributed by atoms with van der Waals surface area (Å²) in [4.78, 5) is 12.0. The first-order valence-corrected chi connectivity index (χ1v) is 13.6. The molecule has 7 heteroatoms. The first kappa shape index (κ1) is 26.2. The first-order chi connectivity index (χ1) is 20.1. The summed E-state index contributed by atoms with van der Waals surface area (Å²) in [6.45, 7) is 5.30. The van der Waals surface area contributed by atoms with Gasteiger partial charge in [-0.3, -0.25) is 0 Å². The molecule has 1 aromatic heterocycles. The van der Waals surface area contributed by atoms with Crippen LogP contribution in [0.25, 0.3) is 10.8 Å². The Hall–Kier alpha value is -5.04. The van der Waals surface area contributed by atoms with Crippen LogP contribution in [0, 0.1) is 13.8 Å². The lowest BCUT2D eigenvalue weighted by molar-refractivity contribution is 0.390. The predicted octanol–water partition coefficient (Wildman–Crippen LogP) is 7.26. The van der Waals surface area contributed by atoms with Gasteiger partial charge in [0.05, 0.1) is 25.6 Å². The molecule has 41 heavy (non-hydrogen) atoms. The lowest BCUT2D eigenvalue weighted by Gasteiger charge is -2.32. The van der Waals surface area contributed by atoms with Gasteiger partial charge in [0.2, 0.25) is 0 Å². The minimum absolute atomic E-state index is 0.488. The smallest absolute Gasteiger partial charge is 0.138 e. The van der Waals surface area contributed by atoms with Crippen molar-refractivity contribution in [3.05, 3.63) is 113 Å². The zero-order chi connectivity index (χ0) is 28.3. The number of aliphatic imine (C=N–C) groups is 1. The molecule has 4 aromatic carbocycles. The number of benzene rings is 4. The minimum atomic E-state index is 0.488. The quantitative estimate of drug-likeness (QED) is 0.225. The van der Waals surface area contributed by atoms with Gasteiger partial charge >= 0.3 is 0 Å². The number of methoxy groups -OCH3 is 2. The topological polar surface area (TPSA) is 71.0 Å². The molecule has 6 rings (SSSR count). The van der Waals surface area contributed by atoms with E-state index in [9.17, 15) is 0 Å². The Morgan fingerprint density at radius 1 is 0.854 bits per heavy atom. The van der Waals surface area contributed by atoms with Crippen LogP contribution >= 0.6 is 0 Å². The fraction of sp³-hybridized carbons (Fsp3) is 0.176. The Bertz CT molecular complexity index is 1750. The van der Waals surface area contributed by atoms with Gasteiger partial charge < -0.3 is 25.0 Å². The number of pyridine rings is 1. The highest BCUT2D eigenvalue weighted by Gasteiger charge is 2.24. The van der Waals surface area contributed by atoms with E-state index in [0.717, 1.165) is 62.1 Å². The van der Waals surface area contributed by atoms with Crippen molar-refractivity contribution in [1.82, 2.24) is 10.3 Å². The number of aromatic nitrogens is 1. The Morgan fingerprint density at radius 3 is 2.49 bits per heavy atom. The van der Waals surface area contributed by atoms with Crippen LogP contribution < -0.4 is 25.0 Å². The summed E-state index contributed by atoms with van der Waals surface area (Å²) < 4.78 is 11.0. The van der Waals surface area contributed by atoms with E-state index in [1.807, 2.05) is 24.4 Å². The molecule has 0 bridgehead atoms. The molecule has 0 unspecified atom stereocenters. The molecule has 1 aliphatic rings. The number of rotatable bonds is 7. The van der Waals surface area contributed by atoms with E-state index < -0.39 is 0 Å². The number of para-hydroxylation sites is 1. The maximum absolute atomic E-state index is 5.60. The summed E-state index contributed by atoms with van der Waals surface area (Å²) in [5, 5.41) is 9.25. The average Bonchev–Trinajstić information content (AvgIpc) is 3.01. The van der Waals surface area contributed by atoms with Crippen LogP contribution in [0.1, 0.15) is 22.3 Å². The number of amidine groups is 1. The Kier molecular flexibility index (Phi) is 7.17. The van der Waals surface area contributed by atoms with E-state index in [4.69, 9.17) is 14.5 Å². The van der Waals surface area contributed by atoms with Gasteiger partial charge in [-0.2, -0.15) is 0 Å². The van der Waals surface area contributed by atoms with E-state index in [2.05, 4.69) is 101 Å². The molecule has 0 saturated carbocycles. The number of nitrogens with zero attached hydrogens (tertiary/aromatic N) is 3. The molecule has 1 aliphatic heterocycles. The maximum Gasteiger partial charge on any atom is 0.138 e. The highest BCUT2D eigenvalue weighted by atomic mass is 16.5. The van der Waals surface area contributed by atoms with E-state index >= 15 is 0 Å². The van der Waals surface area contributed by atoms with Crippen molar-refractivity contribution < 1.29 is 9.47 Å². The summed E-state index contributed by atoms with van der Waals surface area (Å²) in [5.41, 5.74) is 7.72. The summed E-state index contributed by atoms with van der Waals surface area (Å²) in [7, 11) is 3.33. The molecule has 2 heterocycles. The van der Waals surface area contributed by atoms with Crippen LogP contribution in [0.15, 0.2) is 96.1 Å². The number of anilines is 4. The summed E-state index contributed by atoms with van der Waals surface area (Å²) in [6, 6.07) is 29.0. The second-order valence-corrected chi connectivity index (χ2v) is 10.1. The van der Waals surface area contributed by atoms with Crippen LogP contribution in [0.3, 0.4) is 0 Å². The van der Waals surface area contributed by atoms with Gasteiger partial charge in [0.1, 0.15) is 29.8 Å². The standard InChI is InChI=1S/C34H33N5O2/c1-22-9-13-25(14-10-22)38-34-28-16-11-23(2)32(27(28)17-18-35-34)39-21-37-33(29-7-5-6-8-30(29)39)36-20-24-12-15-26(40-3)19-31(24)41-4/h5-19H,20-21H2,1-4H3,(H,35,38)(H,36,37). The van der Waals surface area contributed by atoms with Gasteiger partial charge in [0.15, 0.2) is 0 Å². The average molecular weight is 544 g/mol. The molecule has 0 atom stereocenters. The molecule has 2 N–H and O–H groups in total. The van der Waals surface area contributed by atoms with Gasteiger partial charge in [-0.05, 0) is 61.9 Å². The molecule has 0 aliphatic carbocycles. The number of hydrogen-bond donors (Lipinski definition) is 2. The third-order valence-electron chi connectivity index (χ3n) is 7.46. The summed E-state index contributed by atoms with van der Waals surface area (Å²) >= 11 is 0. The molecule has 0 spiro atoms. The van der Waals surface area contributed by atoms with Crippen LogP contribution in [0.2, 0.25) is 0 Å². The molecule has 5 aromatic rings. The lowest BCUT2D eigenvalue weighted by atomic mass is 10.0. The molecule has 0 saturated heterocycles. The zero-order valence-electron chi connectivity index (χ0n) is 23.7. The predicted molar refractivity (Wildman–Crippen MR) is 167 cm³/mol. The first-order valence-electron chi connectivity index (χ1n) is 13.6. The highest BCUT2D eigenvalue weighted by molar-refractivity contribution is 6.09. The van der Waals surface area contributed by atoms with Crippen molar-refractivity contribution in [2.24, 2.45) is 4.99 Å². The molecule has 0 radical (unpaired) electrons. The van der Waals surface area contributed by atoms with Crippen molar-refractivity contribution in [3.63, 3.8) is 0 Å². The molecule has 0 amide bonds. The van der Waals surface area contributed by atoms with Gasteiger partial charge in [-0.1, -0.05) is 42.0 Å². The second kappa shape index (κ2) is 11.2. The highest BCUT2D eigenvalue weighted by Crippen LogP contribution is 2.40. The Labute approximate surface area is 240 Å². The zero-order valence-corrected chi connectivity index (χ0v) is 23.7. The van der Waals surface area contributed by atoms with Gasteiger partial charge in [-0.25, -0.2) is 9.98 Å². The SMILES string of the molecule is COc1ccc(CNC2=NCN(c3c(C)ccc4c(Nc5ccc(C)cc5)nccc34)c3ccccc32)c(OC)c1. The van der Waals surface area contributed by atoms with Crippen LogP contribution in [0.4, 0.5) is 22.9 Å². The second-order valence-electron chi connectivity index (χ2n) is 10.1. The van der Waals surface area contributed by atoms with Gasteiger partial charge in [-0.15, -0.1) is 0 Å². The lowest BCUT2D eigenvalue weighted by Crippen LogP contribution is -2.33. The molecular weight excluding hydrogens is 510 g/mol. The van der Waals surface area contributed by atoms with Crippen molar-refractivity contribution in [2.75, 3.05) is 31.1 Å². The fourth-order valence-corrected chi connectivity index (χ4v) is 5.31. The summed E-state index contributed by atoms with van der Waals surface area (Å²) in [5.74, 6) is 3.23. The Balaban J connectivity index is 1.34. The number of ether oxygens (including phenoxy) is 2. The van der Waals surface area contributed by atoms with E-state index in [-0.39, 0.29) is 0 Å². The monoisotopic (exact) mass is 543 g/mol. The van der Waals surface area contributed by atoms with Crippen molar-refractivity contribution >= 4 is 39.5 Å². The molecule has 7 nitrogen and oxygen atoms in total. The van der Waals surface area contributed by atoms with E-state index in [1.54, 1.807) is 14.2 Å². The Morgan fingerprint density at radius 2 is 1.68 bits per heavy atom. The fourth-order valence-electron chi connectivity index (χ4n) is 5.31. The van der Waals surface area contributed by atoms with Crippen LogP contribution in [-0.2, 0) is 6.54 Å². The van der Waals surface area contributed by atoms with Crippen LogP contribution in [-0.4, -0.2) is 31.7 Å². The van der Waals surface area contributed by atoms with Crippen LogP contribution in [0.5, 0.6) is 11.5 Å². The third kappa shape index (κ3) is 5.14. The number of aryl methyl sites for hydroxylation is 2. The largest absolute Gasteiger partial charge is 0.497 e. The minimum Gasteiger partial charge on any atom is -0.497 e. The molecule has 0 fully saturated rings. The normalized spacial score (nSPS) is 12.5. The van der Waals surface area contributed by atoms with Gasteiger partial charge in [0, 0.05) is 46.4 Å². The van der Waals surface area contributed by atoms with Crippen molar-refractivity contribution in [2.45, 2.75) is 20.4 Å². The van der Waals surface area contributed by atoms with Crippen molar-refractivity contribution in [3.8, 4) is 11.5 Å². The third-order valence-corrected chi connectivity index (χ3v) is 7.46. The molecular formula is C34H33N5O2. The maximum atomic E-state index is 5.60.